The van der Waals surface area contributed by atoms with Crippen molar-refractivity contribution in [3.05, 3.63) is 97.5 Å². The molecule has 0 saturated carbocycles. The van der Waals surface area contributed by atoms with Crippen LogP contribution in [0.1, 0.15) is 44.6 Å². The zero-order valence-electron chi connectivity index (χ0n) is 24.4. The number of nitrogens with one attached hydrogen (secondary N) is 1. The van der Waals surface area contributed by atoms with E-state index >= 15 is 0 Å². The first-order valence-electron chi connectivity index (χ1n) is 14.1. The van der Waals surface area contributed by atoms with Gasteiger partial charge in [0.05, 0.1) is 31.5 Å². The van der Waals surface area contributed by atoms with Crippen LogP contribution in [0.5, 0.6) is 0 Å². The molecule has 0 spiro atoms. The number of benzene rings is 2. The average Bonchev–Trinajstić information content (AvgIpc) is 3.36. The van der Waals surface area contributed by atoms with Crippen molar-refractivity contribution in [2.45, 2.75) is 38.9 Å². The SMILES string of the molecule is CNC(=O)c1cc(-n2c(N(c3ccccc3)C3COC3)nc3c(c2=O)CC(C)N(C(=O)c2ccc(Br)c(C)c2)C3)nn1C. The minimum Gasteiger partial charge on any atom is -0.377 e. The number of fused-ring (bicyclic) bond motifs is 1. The van der Waals surface area contributed by atoms with Gasteiger partial charge in [0, 0.05) is 47.5 Å². The fourth-order valence-electron chi connectivity index (χ4n) is 5.58. The van der Waals surface area contributed by atoms with E-state index in [9.17, 15) is 14.4 Å². The van der Waals surface area contributed by atoms with Crippen molar-refractivity contribution < 1.29 is 14.3 Å². The first kappa shape index (κ1) is 28.8. The van der Waals surface area contributed by atoms with E-state index < -0.39 is 0 Å². The van der Waals surface area contributed by atoms with Crippen molar-refractivity contribution in [3.63, 3.8) is 0 Å². The molecule has 1 atom stereocenters. The molecule has 2 amide bonds. The van der Waals surface area contributed by atoms with Gasteiger partial charge in [-0.05, 0) is 56.2 Å². The lowest BCUT2D eigenvalue weighted by atomic mass is 9.98. The molecule has 6 rings (SSSR count). The van der Waals surface area contributed by atoms with Gasteiger partial charge in [0.1, 0.15) is 5.69 Å². The Labute approximate surface area is 257 Å². The van der Waals surface area contributed by atoms with Crippen LogP contribution in [0, 0.1) is 6.92 Å². The predicted octanol–water partition coefficient (Wildman–Crippen LogP) is 3.52. The molecule has 0 radical (unpaired) electrons. The average molecular weight is 647 g/mol. The first-order chi connectivity index (χ1) is 20.7. The summed E-state index contributed by atoms with van der Waals surface area (Å²) in [4.78, 5) is 49.6. The van der Waals surface area contributed by atoms with Crippen LogP contribution in [0.25, 0.3) is 5.82 Å². The summed E-state index contributed by atoms with van der Waals surface area (Å²) in [5.74, 6) is 0.203. The summed E-state index contributed by atoms with van der Waals surface area (Å²) >= 11 is 3.51. The molecule has 0 bridgehead atoms. The third-order valence-electron chi connectivity index (χ3n) is 8.05. The van der Waals surface area contributed by atoms with E-state index in [1.807, 2.05) is 61.2 Å². The summed E-state index contributed by atoms with van der Waals surface area (Å²) in [6, 6.07) is 16.5. The van der Waals surface area contributed by atoms with Gasteiger partial charge in [-0.25, -0.2) is 9.55 Å². The summed E-state index contributed by atoms with van der Waals surface area (Å²) in [5, 5.41) is 7.19. The Balaban J connectivity index is 1.52. The van der Waals surface area contributed by atoms with Gasteiger partial charge in [-0.15, -0.1) is 0 Å². The summed E-state index contributed by atoms with van der Waals surface area (Å²) in [7, 11) is 3.21. The number of carbonyl (C=O) groups is 2. The molecule has 11 nitrogen and oxygen atoms in total. The Bertz CT molecular complexity index is 1780. The van der Waals surface area contributed by atoms with Crippen LogP contribution >= 0.6 is 15.9 Å². The van der Waals surface area contributed by atoms with Gasteiger partial charge in [0.25, 0.3) is 17.4 Å². The number of amides is 2. The van der Waals surface area contributed by atoms with Crippen molar-refractivity contribution in [2.75, 3.05) is 25.2 Å². The van der Waals surface area contributed by atoms with Crippen LogP contribution in [0.15, 0.2) is 63.9 Å². The number of nitrogens with zero attached hydrogens (tertiary/aromatic N) is 6. The maximum atomic E-state index is 14.4. The molecule has 0 aliphatic carbocycles. The van der Waals surface area contributed by atoms with Crippen molar-refractivity contribution in [3.8, 4) is 5.82 Å². The van der Waals surface area contributed by atoms with E-state index in [4.69, 9.17) is 9.72 Å². The van der Waals surface area contributed by atoms with Crippen LogP contribution < -0.4 is 15.8 Å². The van der Waals surface area contributed by atoms with E-state index in [-0.39, 0.29) is 41.8 Å². The second-order valence-corrected chi connectivity index (χ2v) is 11.8. The van der Waals surface area contributed by atoms with Gasteiger partial charge in [-0.3, -0.25) is 19.1 Å². The molecule has 4 aromatic rings. The molecule has 222 valence electrons. The molecule has 2 aromatic carbocycles. The highest BCUT2D eigenvalue weighted by atomic mass is 79.9. The second kappa shape index (κ2) is 11.4. The van der Waals surface area contributed by atoms with E-state index in [1.54, 1.807) is 31.1 Å². The van der Waals surface area contributed by atoms with Crippen molar-refractivity contribution in [1.29, 1.82) is 0 Å². The minimum absolute atomic E-state index is 0.0771. The lowest BCUT2D eigenvalue weighted by Gasteiger charge is -2.40. The molecular formula is C31H32BrN7O4. The highest BCUT2D eigenvalue weighted by Gasteiger charge is 2.36. The number of anilines is 2. The fourth-order valence-corrected chi connectivity index (χ4v) is 5.83. The monoisotopic (exact) mass is 645 g/mol. The van der Waals surface area contributed by atoms with Crippen molar-refractivity contribution in [2.24, 2.45) is 7.05 Å². The van der Waals surface area contributed by atoms with Crippen LogP contribution in [-0.4, -0.2) is 68.4 Å². The largest absolute Gasteiger partial charge is 0.377 e. The second-order valence-electron chi connectivity index (χ2n) is 10.9. The zero-order chi connectivity index (χ0) is 30.4. The maximum absolute atomic E-state index is 14.4. The minimum atomic E-state index is -0.319. The number of aromatic nitrogens is 4. The van der Waals surface area contributed by atoms with Crippen LogP contribution in [0.3, 0.4) is 0 Å². The van der Waals surface area contributed by atoms with E-state index in [2.05, 4.69) is 26.3 Å². The fraction of sp³-hybridized carbons (Fsp3) is 0.323. The van der Waals surface area contributed by atoms with Gasteiger partial charge in [0.2, 0.25) is 5.95 Å². The standard InChI is InChI=1S/C31H32BrN7O4/c1-18-12-20(10-11-24(18)32)29(41)37-15-25-23(13-19(37)2)30(42)39(27-14-26(28(40)33-3)36(4)35-27)31(34-25)38(22-16-43-17-22)21-8-6-5-7-9-21/h5-12,14,19,22H,13,15-17H2,1-4H3,(H,33,40). The Morgan fingerprint density at radius 3 is 2.51 bits per heavy atom. The lowest BCUT2D eigenvalue weighted by Crippen LogP contribution is -2.50. The molecule has 12 heteroatoms. The number of carbonyl (C=O) groups excluding carboxylic acids is 2. The highest BCUT2D eigenvalue weighted by molar-refractivity contribution is 9.10. The Morgan fingerprint density at radius 1 is 1.12 bits per heavy atom. The summed E-state index contributed by atoms with van der Waals surface area (Å²) in [5.41, 5.74) is 3.48. The number of ether oxygens (including phenoxy) is 1. The van der Waals surface area contributed by atoms with Gasteiger partial charge < -0.3 is 19.9 Å². The first-order valence-corrected chi connectivity index (χ1v) is 14.9. The van der Waals surface area contributed by atoms with Crippen LogP contribution in [0.4, 0.5) is 11.6 Å². The van der Waals surface area contributed by atoms with E-state index in [0.29, 0.717) is 48.1 Å². The Kier molecular flexibility index (Phi) is 7.65. The third kappa shape index (κ3) is 5.14. The molecular weight excluding hydrogens is 614 g/mol. The molecule has 2 aliphatic rings. The van der Waals surface area contributed by atoms with Gasteiger partial charge >= 0.3 is 0 Å². The lowest BCUT2D eigenvalue weighted by molar-refractivity contribution is 0.0116. The number of aryl methyl sites for hydroxylation is 2. The smallest absolute Gasteiger partial charge is 0.269 e. The molecule has 43 heavy (non-hydrogen) atoms. The molecule has 1 fully saturated rings. The molecule has 2 aromatic heterocycles. The van der Waals surface area contributed by atoms with Crippen molar-refractivity contribution >= 4 is 39.4 Å². The van der Waals surface area contributed by atoms with Crippen LogP contribution in [-0.2, 0) is 24.8 Å². The molecule has 1 saturated heterocycles. The number of para-hydroxylation sites is 1. The number of halogens is 1. The van der Waals surface area contributed by atoms with Crippen LogP contribution in [0.2, 0.25) is 0 Å². The van der Waals surface area contributed by atoms with Gasteiger partial charge in [-0.2, -0.15) is 5.10 Å². The summed E-state index contributed by atoms with van der Waals surface area (Å²) in [6.07, 6.45) is 0.329. The predicted molar refractivity (Wildman–Crippen MR) is 165 cm³/mol. The quantitative estimate of drug-likeness (QED) is 0.341. The summed E-state index contributed by atoms with van der Waals surface area (Å²) < 4.78 is 9.43. The number of rotatable bonds is 6. The maximum Gasteiger partial charge on any atom is 0.269 e. The number of hydrogen-bond donors (Lipinski definition) is 1. The molecule has 1 N–H and O–H groups in total. The van der Waals surface area contributed by atoms with E-state index in [1.165, 1.54) is 9.25 Å². The van der Waals surface area contributed by atoms with E-state index in [0.717, 1.165) is 15.7 Å². The molecule has 2 aliphatic heterocycles. The molecule has 4 heterocycles. The van der Waals surface area contributed by atoms with Gasteiger partial charge in [-0.1, -0.05) is 34.1 Å². The Morgan fingerprint density at radius 2 is 1.86 bits per heavy atom. The third-order valence-corrected chi connectivity index (χ3v) is 8.94. The normalized spacial score (nSPS) is 16.4. The summed E-state index contributed by atoms with van der Waals surface area (Å²) in [6.45, 7) is 4.98. The van der Waals surface area contributed by atoms with Crippen molar-refractivity contribution in [1.82, 2.24) is 29.5 Å². The number of hydrogen-bond acceptors (Lipinski definition) is 7. The zero-order valence-corrected chi connectivity index (χ0v) is 26.0. The highest BCUT2D eigenvalue weighted by Crippen LogP contribution is 2.33. The topological polar surface area (TPSA) is 115 Å². The van der Waals surface area contributed by atoms with Gasteiger partial charge in [0.15, 0.2) is 5.82 Å². The molecule has 1 unspecified atom stereocenters. The Hall–Kier alpha value is -4.29.